The summed E-state index contributed by atoms with van der Waals surface area (Å²) in [5.41, 5.74) is 3.11. The number of hydrogen-bond donors (Lipinski definition) is 2. The van der Waals surface area contributed by atoms with Gasteiger partial charge in [-0.25, -0.2) is 4.79 Å². The lowest BCUT2D eigenvalue weighted by atomic mass is 10.1. The minimum Gasteiger partial charge on any atom is -0.477 e. The lowest BCUT2D eigenvalue weighted by Crippen LogP contribution is -2.17. The summed E-state index contributed by atoms with van der Waals surface area (Å²) in [6.45, 7) is 1.90. The normalized spacial score (nSPS) is 10.8. The molecule has 0 fully saturated rings. The second-order valence-corrected chi connectivity index (χ2v) is 6.81. The summed E-state index contributed by atoms with van der Waals surface area (Å²) >= 11 is 3.39. The molecular weight excluding hydrogens is 384 g/mol. The van der Waals surface area contributed by atoms with E-state index >= 15 is 0 Å². The topological polar surface area (TPSA) is 71.3 Å². The molecule has 0 aliphatic heterocycles. The highest BCUT2D eigenvalue weighted by Crippen LogP contribution is 2.27. The Labute approximate surface area is 153 Å². The van der Waals surface area contributed by atoms with Gasteiger partial charge in [0, 0.05) is 33.7 Å². The number of hydrogen-bond acceptors (Lipinski definition) is 2. The van der Waals surface area contributed by atoms with Crippen LogP contribution < -0.4 is 5.32 Å². The van der Waals surface area contributed by atoms with Crippen molar-refractivity contribution in [3.63, 3.8) is 0 Å². The first-order chi connectivity index (χ1) is 11.9. The number of aryl methyl sites for hydroxylation is 2. The summed E-state index contributed by atoms with van der Waals surface area (Å²) in [5, 5.41) is 13.2. The van der Waals surface area contributed by atoms with Gasteiger partial charge < -0.3 is 15.0 Å². The van der Waals surface area contributed by atoms with Gasteiger partial charge in [0.2, 0.25) is 5.91 Å². The fraction of sp³-hybridized carbons (Fsp3) is 0.158. The van der Waals surface area contributed by atoms with Gasteiger partial charge in [-0.3, -0.25) is 4.79 Å². The number of benzene rings is 2. The van der Waals surface area contributed by atoms with Crippen molar-refractivity contribution in [1.82, 2.24) is 4.57 Å². The van der Waals surface area contributed by atoms with Crippen molar-refractivity contribution < 1.29 is 14.7 Å². The summed E-state index contributed by atoms with van der Waals surface area (Å²) in [6, 6.07) is 13.0. The fourth-order valence-electron chi connectivity index (χ4n) is 3.05. The second kappa shape index (κ2) is 6.72. The number of fused-ring (bicyclic) bond motifs is 1. The molecule has 2 aromatic carbocycles. The van der Waals surface area contributed by atoms with E-state index in [9.17, 15) is 14.7 Å². The van der Waals surface area contributed by atoms with E-state index < -0.39 is 5.97 Å². The predicted molar refractivity (Wildman–Crippen MR) is 101 cm³/mol. The SMILES string of the molecule is Cc1cc(Br)ccc1NC(=O)Cc1c(C(=O)O)n(C)c2ccccc12. The van der Waals surface area contributed by atoms with E-state index in [0.29, 0.717) is 11.3 Å². The third-order valence-electron chi connectivity index (χ3n) is 4.21. The molecule has 5 nitrogen and oxygen atoms in total. The summed E-state index contributed by atoms with van der Waals surface area (Å²) in [5.74, 6) is -1.29. The third kappa shape index (κ3) is 3.30. The van der Waals surface area contributed by atoms with Gasteiger partial charge in [-0.1, -0.05) is 34.1 Å². The monoisotopic (exact) mass is 400 g/mol. The minimum absolute atomic E-state index is 0.00150. The Morgan fingerprint density at radius 1 is 1.20 bits per heavy atom. The largest absolute Gasteiger partial charge is 0.477 e. The van der Waals surface area contributed by atoms with Crippen molar-refractivity contribution in [2.24, 2.45) is 7.05 Å². The maximum absolute atomic E-state index is 12.5. The Morgan fingerprint density at radius 2 is 1.92 bits per heavy atom. The molecule has 128 valence electrons. The number of para-hydroxylation sites is 1. The molecule has 3 aromatic rings. The number of carboxylic acid groups (broad SMARTS) is 1. The van der Waals surface area contributed by atoms with Crippen molar-refractivity contribution in [2.75, 3.05) is 5.32 Å². The van der Waals surface area contributed by atoms with Gasteiger partial charge in [-0.2, -0.15) is 0 Å². The molecule has 0 aliphatic rings. The van der Waals surface area contributed by atoms with Crippen molar-refractivity contribution in [2.45, 2.75) is 13.3 Å². The average Bonchev–Trinajstić information content (AvgIpc) is 2.83. The maximum atomic E-state index is 12.5. The van der Waals surface area contributed by atoms with E-state index in [1.165, 1.54) is 0 Å². The molecule has 3 rings (SSSR count). The van der Waals surface area contributed by atoms with Gasteiger partial charge in [0.25, 0.3) is 0 Å². The van der Waals surface area contributed by atoms with Crippen molar-refractivity contribution in [1.29, 1.82) is 0 Å². The highest BCUT2D eigenvalue weighted by molar-refractivity contribution is 9.10. The lowest BCUT2D eigenvalue weighted by Gasteiger charge is -2.09. The summed E-state index contributed by atoms with van der Waals surface area (Å²) in [7, 11) is 1.70. The molecule has 0 unspecified atom stereocenters. The molecule has 2 N–H and O–H groups in total. The van der Waals surface area contributed by atoms with Crippen molar-refractivity contribution in [3.8, 4) is 0 Å². The van der Waals surface area contributed by atoms with Gasteiger partial charge in [-0.15, -0.1) is 0 Å². The van der Waals surface area contributed by atoms with E-state index in [2.05, 4.69) is 21.2 Å². The molecule has 0 saturated carbocycles. The van der Waals surface area contributed by atoms with E-state index in [4.69, 9.17) is 0 Å². The number of rotatable bonds is 4. The zero-order valence-electron chi connectivity index (χ0n) is 13.8. The Bertz CT molecular complexity index is 992. The minimum atomic E-state index is -1.04. The quantitative estimate of drug-likeness (QED) is 0.691. The molecule has 0 saturated heterocycles. The summed E-state index contributed by atoms with van der Waals surface area (Å²) in [6.07, 6.45) is -0.00150. The van der Waals surface area contributed by atoms with Crippen LogP contribution in [0.15, 0.2) is 46.9 Å². The number of carboxylic acids is 1. The molecule has 1 heterocycles. The number of amides is 1. The summed E-state index contributed by atoms with van der Waals surface area (Å²) < 4.78 is 2.55. The fourth-order valence-corrected chi connectivity index (χ4v) is 3.52. The highest BCUT2D eigenvalue weighted by Gasteiger charge is 2.22. The molecule has 0 aliphatic carbocycles. The van der Waals surface area contributed by atoms with Gasteiger partial charge >= 0.3 is 5.97 Å². The van der Waals surface area contributed by atoms with Crippen LogP contribution in [-0.2, 0) is 18.3 Å². The maximum Gasteiger partial charge on any atom is 0.352 e. The molecule has 0 atom stereocenters. The number of anilines is 1. The van der Waals surface area contributed by atoms with Gasteiger partial charge in [0.1, 0.15) is 5.69 Å². The van der Waals surface area contributed by atoms with Crippen LogP contribution in [0.2, 0.25) is 0 Å². The zero-order valence-corrected chi connectivity index (χ0v) is 15.4. The standard InChI is InChI=1S/C19H17BrN2O3/c1-11-9-12(20)7-8-15(11)21-17(23)10-14-13-5-3-4-6-16(13)22(2)18(14)19(24)25/h3-9H,10H2,1-2H3,(H,21,23)(H,24,25). The zero-order chi connectivity index (χ0) is 18.1. The molecule has 6 heteroatoms. The molecule has 0 radical (unpaired) electrons. The Hall–Kier alpha value is -2.60. The number of aromatic nitrogens is 1. The molecule has 0 spiro atoms. The molecule has 1 aromatic heterocycles. The lowest BCUT2D eigenvalue weighted by molar-refractivity contribution is -0.115. The summed E-state index contributed by atoms with van der Waals surface area (Å²) in [4.78, 5) is 24.2. The Balaban J connectivity index is 1.96. The first kappa shape index (κ1) is 17.2. The number of carbonyl (C=O) groups is 2. The van der Waals surface area contributed by atoms with Crippen LogP contribution in [0.1, 0.15) is 21.6 Å². The number of nitrogens with zero attached hydrogens (tertiary/aromatic N) is 1. The highest BCUT2D eigenvalue weighted by atomic mass is 79.9. The van der Waals surface area contributed by atoms with Crippen LogP contribution in [0.4, 0.5) is 5.69 Å². The third-order valence-corrected chi connectivity index (χ3v) is 4.71. The van der Waals surface area contributed by atoms with E-state index in [-0.39, 0.29) is 18.0 Å². The van der Waals surface area contributed by atoms with Crippen LogP contribution in [0, 0.1) is 6.92 Å². The number of carbonyl (C=O) groups excluding carboxylic acids is 1. The van der Waals surface area contributed by atoms with Gasteiger partial charge in [0.15, 0.2) is 0 Å². The number of halogens is 1. The molecule has 25 heavy (non-hydrogen) atoms. The molecule has 0 bridgehead atoms. The first-order valence-corrected chi connectivity index (χ1v) is 8.53. The average molecular weight is 401 g/mol. The van der Waals surface area contributed by atoms with Crippen LogP contribution in [0.5, 0.6) is 0 Å². The van der Waals surface area contributed by atoms with Crippen LogP contribution in [-0.4, -0.2) is 21.6 Å². The number of aromatic carboxylic acids is 1. The molecule has 1 amide bonds. The van der Waals surface area contributed by atoms with E-state index in [1.807, 2.05) is 49.4 Å². The smallest absolute Gasteiger partial charge is 0.352 e. The number of nitrogens with one attached hydrogen (secondary N) is 1. The molecular formula is C19H17BrN2O3. The van der Waals surface area contributed by atoms with Crippen molar-refractivity contribution in [3.05, 3.63) is 63.8 Å². The Kier molecular flexibility index (Phi) is 4.63. The Morgan fingerprint density at radius 3 is 2.60 bits per heavy atom. The van der Waals surface area contributed by atoms with Gasteiger partial charge in [0.05, 0.1) is 6.42 Å². The van der Waals surface area contributed by atoms with Crippen LogP contribution in [0.3, 0.4) is 0 Å². The van der Waals surface area contributed by atoms with Gasteiger partial charge in [-0.05, 0) is 36.8 Å². The van der Waals surface area contributed by atoms with Crippen molar-refractivity contribution >= 4 is 44.4 Å². The second-order valence-electron chi connectivity index (χ2n) is 5.89. The van der Waals surface area contributed by atoms with Crippen LogP contribution in [0.25, 0.3) is 10.9 Å². The predicted octanol–water partition coefficient (Wildman–Crippen LogP) is 4.13. The van der Waals surface area contributed by atoms with E-state index in [0.717, 1.165) is 20.9 Å². The first-order valence-electron chi connectivity index (χ1n) is 7.74. The van der Waals surface area contributed by atoms with E-state index in [1.54, 1.807) is 11.6 Å². The van der Waals surface area contributed by atoms with Crippen LogP contribution >= 0.6 is 15.9 Å².